The number of rotatable bonds is 4. The Labute approximate surface area is 160 Å². The number of pyridine rings is 1. The van der Waals surface area contributed by atoms with Crippen LogP contribution in [0.15, 0.2) is 47.8 Å². The van der Waals surface area contributed by atoms with Gasteiger partial charge < -0.3 is 14.6 Å². The van der Waals surface area contributed by atoms with Crippen molar-refractivity contribution in [2.24, 2.45) is 0 Å². The van der Waals surface area contributed by atoms with Crippen LogP contribution in [0.5, 0.6) is 5.88 Å². The smallest absolute Gasteiger partial charge is 0.274 e. The Morgan fingerprint density at radius 1 is 1.29 bits per heavy atom. The summed E-state index contributed by atoms with van der Waals surface area (Å²) in [5.74, 6) is 0.694. The summed E-state index contributed by atoms with van der Waals surface area (Å²) in [5, 5.41) is 0. The Kier molecular flexibility index (Phi) is 4.79. The summed E-state index contributed by atoms with van der Waals surface area (Å²) in [4.78, 5) is 46.1. The molecule has 1 amide bonds. The van der Waals surface area contributed by atoms with Crippen LogP contribution in [-0.4, -0.2) is 55.9 Å². The van der Waals surface area contributed by atoms with Crippen molar-refractivity contribution in [2.75, 3.05) is 20.2 Å². The van der Waals surface area contributed by atoms with E-state index in [1.165, 1.54) is 31.8 Å². The second-order valence-electron chi connectivity index (χ2n) is 6.40. The maximum Gasteiger partial charge on any atom is 0.274 e. The summed E-state index contributed by atoms with van der Waals surface area (Å²) in [6.07, 6.45) is 6.78. The lowest BCUT2D eigenvalue weighted by Crippen LogP contribution is -2.29. The van der Waals surface area contributed by atoms with E-state index in [2.05, 4.69) is 24.9 Å². The largest absolute Gasteiger partial charge is 0.481 e. The first-order valence-electron chi connectivity index (χ1n) is 8.81. The summed E-state index contributed by atoms with van der Waals surface area (Å²) < 4.78 is 5.27. The molecule has 4 rings (SSSR count). The molecule has 9 heteroatoms. The van der Waals surface area contributed by atoms with Crippen LogP contribution in [0.2, 0.25) is 0 Å². The van der Waals surface area contributed by atoms with Crippen LogP contribution in [0.4, 0.5) is 0 Å². The third-order valence-electron chi connectivity index (χ3n) is 4.64. The average molecular weight is 378 g/mol. The van der Waals surface area contributed by atoms with Gasteiger partial charge in [0, 0.05) is 43.7 Å². The maximum absolute atomic E-state index is 12.6. The Bertz CT molecular complexity index is 1050. The molecule has 1 fully saturated rings. The van der Waals surface area contributed by atoms with Gasteiger partial charge in [-0.25, -0.2) is 15.0 Å². The van der Waals surface area contributed by atoms with E-state index in [1.807, 2.05) is 0 Å². The number of carbonyl (C=O) groups excluding carboxylic acids is 1. The highest BCUT2D eigenvalue weighted by molar-refractivity contribution is 5.92. The Balaban J connectivity index is 1.60. The fraction of sp³-hybridized carbons (Fsp3) is 0.263. The van der Waals surface area contributed by atoms with Gasteiger partial charge in [0.2, 0.25) is 5.88 Å². The molecule has 0 unspecified atom stereocenters. The number of nitrogens with one attached hydrogen (secondary N) is 1. The molecule has 3 aromatic rings. The first-order chi connectivity index (χ1) is 13.7. The number of ether oxygens (including phenoxy) is 1. The first kappa shape index (κ1) is 17.8. The molecule has 0 aliphatic carbocycles. The molecular weight excluding hydrogens is 360 g/mol. The predicted molar refractivity (Wildman–Crippen MR) is 99.9 cm³/mol. The van der Waals surface area contributed by atoms with Crippen LogP contribution in [0.3, 0.4) is 0 Å². The van der Waals surface area contributed by atoms with Crippen molar-refractivity contribution in [3.63, 3.8) is 0 Å². The molecule has 3 aromatic heterocycles. The van der Waals surface area contributed by atoms with Gasteiger partial charge >= 0.3 is 0 Å². The Morgan fingerprint density at radius 3 is 2.96 bits per heavy atom. The van der Waals surface area contributed by atoms with Gasteiger partial charge in [-0.15, -0.1) is 0 Å². The molecule has 28 heavy (non-hydrogen) atoms. The lowest BCUT2D eigenvalue weighted by Gasteiger charge is -2.16. The van der Waals surface area contributed by atoms with Gasteiger partial charge in [0.25, 0.3) is 11.5 Å². The van der Waals surface area contributed by atoms with E-state index in [-0.39, 0.29) is 17.4 Å². The van der Waals surface area contributed by atoms with Crippen molar-refractivity contribution in [2.45, 2.75) is 12.3 Å². The van der Waals surface area contributed by atoms with Crippen LogP contribution in [0, 0.1) is 0 Å². The third kappa shape index (κ3) is 3.46. The fourth-order valence-electron chi connectivity index (χ4n) is 3.30. The monoisotopic (exact) mass is 378 g/mol. The maximum atomic E-state index is 12.6. The second-order valence-corrected chi connectivity index (χ2v) is 6.40. The molecule has 1 aliphatic rings. The van der Waals surface area contributed by atoms with E-state index in [1.54, 1.807) is 23.2 Å². The predicted octanol–water partition coefficient (Wildman–Crippen LogP) is 1.26. The molecular formula is C19H18N6O3. The Morgan fingerprint density at radius 2 is 2.18 bits per heavy atom. The van der Waals surface area contributed by atoms with Crippen LogP contribution >= 0.6 is 0 Å². The molecule has 1 aliphatic heterocycles. The van der Waals surface area contributed by atoms with Gasteiger partial charge in [-0.05, 0) is 18.6 Å². The highest BCUT2D eigenvalue weighted by Gasteiger charge is 2.30. The van der Waals surface area contributed by atoms with E-state index in [0.717, 1.165) is 0 Å². The van der Waals surface area contributed by atoms with Crippen LogP contribution in [0.25, 0.3) is 11.3 Å². The number of amides is 1. The van der Waals surface area contributed by atoms with Crippen molar-refractivity contribution >= 4 is 5.91 Å². The molecule has 1 N–H and O–H groups in total. The number of carbonyl (C=O) groups is 1. The molecule has 1 saturated heterocycles. The lowest BCUT2D eigenvalue weighted by atomic mass is 10.1. The average Bonchev–Trinajstić information content (AvgIpc) is 3.23. The molecule has 0 spiro atoms. The van der Waals surface area contributed by atoms with E-state index in [4.69, 9.17) is 4.74 Å². The highest BCUT2D eigenvalue weighted by atomic mass is 16.5. The molecule has 1 atom stereocenters. The SMILES string of the molecule is COc1ncccc1-c1cc(=O)[nH]c([C@@H]2CCN(C(=O)c3cnccn3)C2)n1. The summed E-state index contributed by atoms with van der Waals surface area (Å²) in [5.41, 5.74) is 1.17. The zero-order chi connectivity index (χ0) is 19.5. The zero-order valence-corrected chi connectivity index (χ0v) is 15.2. The number of methoxy groups -OCH3 is 1. The normalized spacial score (nSPS) is 16.2. The molecule has 0 aromatic carbocycles. The van der Waals surface area contributed by atoms with Crippen molar-refractivity contribution < 1.29 is 9.53 Å². The molecule has 0 saturated carbocycles. The van der Waals surface area contributed by atoms with Crippen LogP contribution in [0.1, 0.15) is 28.7 Å². The minimum absolute atomic E-state index is 0.0732. The van der Waals surface area contributed by atoms with Crippen molar-refractivity contribution in [3.8, 4) is 17.1 Å². The molecule has 0 bridgehead atoms. The standard InChI is InChI=1S/C19H18N6O3/c1-28-18-13(3-2-5-22-18)14-9-16(26)24-17(23-14)12-4-8-25(11-12)19(27)15-10-20-6-7-21-15/h2-3,5-7,9-10,12H,4,8,11H2,1H3,(H,23,24,26)/t12-/m1/s1. The summed E-state index contributed by atoms with van der Waals surface area (Å²) in [6.45, 7) is 1.01. The van der Waals surface area contributed by atoms with Gasteiger partial charge in [0.15, 0.2) is 0 Å². The van der Waals surface area contributed by atoms with Gasteiger partial charge in [0.1, 0.15) is 11.5 Å². The third-order valence-corrected chi connectivity index (χ3v) is 4.64. The number of hydrogen-bond donors (Lipinski definition) is 1. The zero-order valence-electron chi connectivity index (χ0n) is 15.2. The minimum Gasteiger partial charge on any atom is -0.481 e. The van der Waals surface area contributed by atoms with Gasteiger partial charge in [-0.2, -0.15) is 0 Å². The number of hydrogen-bond acceptors (Lipinski definition) is 7. The highest BCUT2D eigenvalue weighted by Crippen LogP contribution is 2.29. The number of likely N-dealkylation sites (tertiary alicyclic amines) is 1. The minimum atomic E-state index is -0.260. The summed E-state index contributed by atoms with van der Waals surface area (Å²) in [6, 6.07) is 4.98. The lowest BCUT2D eigenvalue weighted by molar-refractivity contribution is 0.0784. The summed E-state index contributed by atoms with van der Waals surface area (Å²) in [7, 11) is 1.52. The van der Waals surface area contributed by atoms with Crippen molar-refractivity contribution in [3.05, 3.63) is 64.9 Å². The van der Waals surface area contributed by atoms with E-state index in [0.29, 0.717) is 48.2 Å². The van der Waals surface area contributed by atoms with E-state index < -0.39 is 0 Å². The molecule has 4 heterocycles. The number of aromatic amines is 1. The van der Waals surface area contributed by atoms with E-state index >= 15 is 0 Å². The van der Waals surface area contributed by atoms with Crippen LogP contribution in [-0.2, 0) is 0 Å². The molecule has 9 nitrogen and oxygen atoms in total. The van der Waals surface area contributed by atoms with Gasteiger partial charge in [-0.3, -0.25) is 14.6 Å². The number of aromatic nitrogens is 5. The van der Waals surface area contributed by atoms with Crippen LogP contribution < -0.4 is 10.3 Å². The number of nitrogens with zero attached hydrogens (tertiary/aromatic N) is 5. The Hall–Kier alpha value is -3.62. The molecule has 142 valence electrons. The van der Waals surface area contributed by atoms with Crippen molar-refractivity contribution in [1.82, 2.24) is 29.8 Å². The quantitative estimate of drug-likeness (QED) is 0.727. The van der Waals surface area contributed by atoms with Gasteiger partial charge in [0.05, 0.1) is 24.6 Å². The van der Waals surface area contributed by atoms with Gasteiger partial charge in [-0.1, -0.05) is 0 Å². The topological polar surface area (TPSA) is 114 Å². The van der Waals surface area contributed by atoms with E-state index in [9.17, 15) is 9.59 Å². The fourth-order valence-corrected chi connectivity index (χ4v) is 3.30. The molecule has 0 radical (unpaired) electrons. The second kappa shape index (κ2) is 7.55. The summed E-state index contributed by atoms with van der Waals surface area (Å²) >= 11 is 0. The van der Waals surface area contributed by atoms with Crippen molar-refractivity contribution in [1.29, 1.82) is 0 Å². The number of H-pyrrole nitrogens is 1. The first-order valence-corrected chi connectivity index (χ1v) is 8.81.